The van der Waals surface area contributed by atoms with E-state index in [1.807, 2.05) is 0 Å². The Balaban J connectivity index is 2.74. The molecule has 8 atom stereocenters. The first-order chi connectivity index (χ1) is 11.2. The Morgan fingerprint density at radius 3 is 2.29 bits per heavy atom. The molecular formula is C13H25NO10. The number of carbonyl (C=O) groups excluding carboxylic acids is 1. The molecule has 0 aromatic rings. The second-order valence-corrected chi connectivity index (χ2v) is 5.57. The highest BCUT2D eigenvalue weighted by Gasteiger charge is 2.45. The number of nitrogens with one attached hydrogen (secondary N) is 1. The van der Waals surface area contributed by atoms with E-state index in [2.05, 4.69) is 5.32 Å². The molecule has 0 saturated carbocycles. The van der Waals surface area contributed by atoms with Crippen LogP contribution >= 0.6 is 0 Å². The molecule has 0 radical (unpaired) electrons. The molecule has 5 unspecified atom stereocenters. The highest BCUT2D eigenvalue weighted by atomic mass is 16.7. The van der Waals surface area contributed by atoms with E-state index in [-0.39, 0.29) is 0 Å². The first-order valence-electron chi connectivity index (χ1n) is 7.39. The summed E-state index contributed by atoms with van der Waals surface area (Å²) in [5, 5.41) is 68.6. The van der Waals surface area contributed by atoms with Gasteiger partial charge in [0.1, 0.15) is 42.7 Å². The summed E-state index contributed by atoms with van der Waals surface area (Å²) in [7, 11) is 0. The standard InChI is InChI=1S/C13H25NO10/c1-5(17)14-9-12(22)11(21)8(3-16)24-13(9)23-4-7(19)10(20)6(18)2-15/h6-13,15-16,18-22H,2-4H2,1H3,(H,14,17)/t6?,7?,8?,9-,10?,11-,12?,13+/m0/s1. The summed E-state index contributed by atoms with van der Waals surface area (Å²) in [5.41, 5.74) is 0. The first kappa shape index (κ1) is 21.2. The van der Waals surface area contributed by atoms with Crippen molar-refractivity contribution in [1.82, 2.24) is 5.32 Å². The highest BCUT2D eigenvalue weighted by molar-refractivity contribution is 5.73. The molecule has 1 saturated heterocycles. The van der Waals surface area contributed by atoms with Crippen molar-refractivity contribution in [2.24, 2.45) is 0 Å². The molecule has 142 valence electrons. The highest BCUT2D eigenvalue weighted by Crippen LogP contribution is 2.22. The van der Waals surface area contributed by atoms with E-state index in [0.717, 1.165) is 0 Å². The Bertz CT molecular complexity index is 397. The first-order valence-corrected chi connectivity index (χ1v) is 7.39. The van der Waals surface area contributed by atoms with E-state index in [1.54, 1.807) is 0 Å². The van der Waals surface area contributed by atoms with Crippen LogP contribution in [-0.4, -0.2) is 110 Å². The lowest BCUT2D eigenvalue weighted by Crippen LogP contribution is -2.64. The predicted molar refractivity (Wildman–Crippen MR) is 76.4 cm³/mol. The van der Waals surface area contributed by atoms with Gasteiger partial charge in [-0.25, -0.2) is 0 Å². The Morgan fingerprint density at radius 1 is 1.17 bits per heavy atom. The van der Waals surface area contributed by atoms with Gasteiger partial charge in [-0.15, -0.1) is 0 Å². The van der Waals surface area contributed by atoms with Gasteiger partial charge in [-0.2, -0.15) is 0 Å². The summed E-state index contributed by atoms with van der Waals surface area (Å²) in [6.07, 6.45) is -10.4. The van der Waals surface area contributed by atoms with E-state index < -0.39 is 74.7 Å². The van der Waals surface area contributed by atoms with Crippen LogP contribution in [0.15, 0.2) is 0 Å². The van der Waals surface area contributed by atoms with Crippen molar-refractivity contribution in [1.29, 1.82) is 0 Å². The van der Waals surface area contributed by atoms with Crippen LogP contribution in [0, 0.1) is 0 Å². The molecule has 0 spiro atoms. The molecule has 1 aliphatic heterocycles. The van der Waals surface area contributed by atoms with E-state index in [0.29, 0.717) is 0 Å². The molecule has 8 N–H and O–H groups in total. The zero-order chi connectivity index (χ0) is 18.4. The van der Waals surface area contributed by atoms with Crippen LogP contribution in [0.25, 0.3) is 0 Å². The van der Waals surface area contributed by atoms with Crippen molar-refractivity contribution in [3.8, 4) is 0 Å². The minimum Gasteiger partial charge on any atom is -0.394 e. The summed E-state index contributed by atoms with van der Waals surface area (Å²) in [6, 6.07) is -1.19. The quantitative estimate of drug-likeness (QED) is 0.209. The van der Waals surface area contributed by atoms with E-state index >= 15 is 0 Å². The molecule has 1 rings (SSSR count). The number of hydrogen-bond donors (Lipinski definition) is 8. The molecule has 0 aromatic heterocycles. The van der Waals surface area contributed by atoms with Gasteiger partial charge in [-0.3, -0.25) is 4.79 Å². The molecule has 0 bridgehead atoms. The summed E-state index contributed by atoms with van der Waals surface area (Å²) in [6.45, 7) is -0.798. The normalized spacial score (nSPS) is 34.4. The van der Waals surface area contributed by atoms with E-state index in [9.17, 15) is 30.3 Å². The Hall–Kier alpha value is -0.890. The van der Waals surface area contributed by atoms with Crippen molar-refractivity contribution in [2.45, 2.75) is 55.9 Å². The van der Waals surface area contributed by atoms with Gasteiger partial charge in [0.2, 0.25) is 5.91 Å². The summed E-state index contributed by atoms with van der Waals surface area (Å²) < 4.78 is 10.5. The van der Waals surface area contributed by atoms with Gasteiger partial charge in [0, 0.05) is 6.92 Å². The van der Waals surface area contributed by atoms with Crippen LogP contribution in [-0.2, 0) is 14.3 Å². The maximum atomic E-state index is 11.2. The summed E-state index contributed by atoms with van der Waals surface area (Å²) >= 11 is 0. The van der Waals surface area contributed by atoms with E-state index in [1.165, 1.54) is 6.92 Å². The van der Waals surface area contributed by atoms with Gasteiger partial charge in [0.15, 0.2) is 6.29 Å². The fourth-order valence-electron chi connectivity index (χ4n) is 2.27. The lowest BCUT2D eigenvalue weighted by Gasteiger charge is -2.42. The minimum absolute atomic E-state index is 0.540. The molecule has 1 heterocycles. The van der Waals surface area contributed by atoms with Crippen LogP contribution < -0.4 is 5.32 Å². The predicted octanol–water partition coefficient (Wildman–Crippen LogP) is -4.98. The van der Waals surface area contributed by atoms with Crippen molar-refractivity contribution >= 4 is 5.91 Å². The van der Waals surface area contributed by atoms with Crippen molar-refractivity contribution in [3.05, 3.63) is 0 Å². The minimum atomic E-state index is -1.69. The van der Waals surface area contributed by atoms with Crippen LogP contribution in [0.5, 0.6) is 0 Å². The maximum absolute atomic E-state index is 11.2. The molecule has 11 nitrogen and oxygen atoms in total. The number of ether oxygens (including phenoxy) is 2. The van der Waals surface area contributed by atoms with Crippen LogP contribution in [0.2, 0.25) is 0 Å². The lowest BCUT2D eigenvalue weighted by atomic mass is 9.97. The average molecular weight is 355 g/mol. The van der Waals surface area contributed by atoms with Gasteiger partial charge in [-0.1, -0.05) is 0 Å². The molecule has 11 heteroatoms. The molecule has 1 amide bonds. The van der Waals surface area contributed by atoms with Crippen molar-refractivity contribution in [2.75, 3.05) is 19.8 Å². The van der Waals surface area contributed by atoms with Gasteiger partial charge in [0.05, 0.1) is 19.8 Å². The van der Waals surface area contributed by atoms with E-state index in [4.69, 9.17) is 19.7 Å². The Kier molecular flexibility index (Phi) is 8.42. The summed E-state index contributed by atoms with van der Waals surface area (Å²) in [5.74, 6) is -0.540. The summed E-state index contributed by atoms with van der Waals surface area (Å²) in [4.78, 5) is 11.2. The zero-order valence-corrected chi connectivity index (χ0v) is 13.1. The number of hydrogen-bond acceptors (Lipinski definition) is 10. The molecule has 1 aliphatic rings. The van der Waals surface area contributed by atoms with Gasteiger partial charge in [0.25, 0.3) is 0 Å². The van der Waals surface area contributed by atoms with Crippen molar-refractivity contribution < 1.29 is 50.0 Å². The second kappa shape index (κ2) is 9.56. The number of carbonyl (C=O) groups is 1. The molecule has 0 aromatic carbocycles. The molecule has 0 aliphatic carbocycles. The average Bonchev–Trinajstić information content (AvgIpc) is 2.56. The van der Waals surface area contributed by atoms with Crippen molar-refractivity contribution in [3.63, 3.8) is 0 Å². The number of aliphatic hydroxyl groups is 7. The van der Waals surface area contributed by atoms with Crippen LogP contribution in [0.4, 0.5) is 0 Å². The second-order valence-electron chi connectivity index (χ2n) is 5.57. The third-order valence-electron chi connectivity index (χ3n) is 3.66. The van der Waals surface area contributed by atoms with Gasteiger partial charge in [-0.05, 0) is 0 Å². The maximum Gasteiger partial charge on any atom is 0.217 e. The monoisotopic (exact) mass is 355 g/mol. The smallest absolute Gasteiger partial charge is 0.217 e. The fourth-order valence-corrected chi connectivity index (χ4v) is 2.27. The molecule has 1 fully saturated rings. The fraction of sp³-hybridized carbons (Fsp3) is 0.923. The Labute approximate surface area is 138 Å². The SMILES string of the molecule is CC(=O)N[C@H]1C(O)[C@@H](O)C(CO)O[C@H]1OCC(O)C(O)C(O)CO. The zero-order valence-electron chi connectivity index (χ0n) is 13.1. The number of aliphatic hydroxyl groups excluding tert-OH is 7. The number of amides is 1. The molecular weight excluding hydrogens is 330 g/mol. The van der Waals surface area contributed by atoms with Gasteiger partial charge >= 0.3 is 0 Å². The largest absolute Gasteiger partial charge is 0.394 e. The van der Waals surface area contributed by atoms with Crippen LogP contribution in [0.3, 0.4) is 0 Å². The van der Waals surface area contributed by atoms with Gasteiger partial charge < -0.3 is 50.5 Å². The molecule has 24 heavy (non-hydrogen) atoms. The third-order valence-corrected chi connectivity index (χ3v) is 3.66. The topological polar surface area (TPSA) is 189 Å². The third kappa shape index (κ3) is 5.31. The number of rotatable bonds is 8. The lowest BCUT2D eigenvalue weighted by molar-refractivity contribution is -0.277. The van der Waals surface area contributed by atoms with Crippen LogP contribution in [0.1, 0.15) is 6.92 Å². The Morgan fingerprint density at radius 2 is 1.79 bits per heavy atom.